The standard InChI is InChI=1S/C10H10F2O5/c11-10(12)5(3-8(16)17)9-6(14)1-4(13)2-7(9)15/h1-2,5,10,13-15H,3H2,(H,16,17). The molecule has 94 valence electrons. The molecule has 17 heavy (non-hydrogen) atoms. The highest BCUT2D eigenvalue weighted by Crippen LogP contribution is 2.41. The molecule has 1 aromatic rings. The summed E-state index contributed by atoms with van der Waals surface area (Å²) in [5, 5.41) is 36.2. The molecule has 5 nitrogen and oxygen atoms in total. The van der Waals surface area contributed by atoms with Gasteiger partial charge in [-0.05, 0) is 0 Å². The van der Waals surface area contributed by atoms with E-state index in [0.717, 1.165) is 12.1 Å². The summed E-state index contributed by atoms with van der Waals surface area (Å²) in [6.07, 6.45) is -4.00. The van der Waals surface area contributed by atoms with E-state index in [2.05, 4.69) is 0 Å². The Balaban J connectivity index is 3.23. The third-order valence-electron chi connectivity index (χ3n) is 2.19. The van der Waals surface area contributed by atoms with Gasteiger partial charge >= 0.3 is 5.97 Å². The molecule has 0 saturated carbocycles. The third-order valence-corrected chi connectivity index (χ3v) is 2.19. The number of carboxylic acids is 1. The van der Waals surface area contributed by atoms with Crippen molar-refractivity contribution in [3.05, 3.63) is 17.7 Å². The molecule has 1 unspecified atom stereocenters. The van der Waals surface area contributed by atoms with Gasteiger partial charge in [-0.1, -0.05) is 0 Å². The lowest BCUT2D eigenvalue weighted by Crippen LogP contribution is -2.14. The molecular weight excluding hydrogens is 238 g/mol. The topological polar surface area (TPSA) is 98.0 Å². The van der Waals surface area contributed by atoms with Gasteiger partial charge in [-0.3, -0.25) is 4.79 Å². The smallest absolute Gasteiger partial charge is 0.304 e. The van der Waals surface area contributed by atoms with Crippen molar-refractivity contribution in [1.29, 1.82) is 0 Å². The highest BCUT2D eigenvalue weighted by atomic mass is 19.3. The first kappa shape index (κ1) is 13.0. The summed E-state index contributed by atoms with van der Waals surface area (Å²) in [5.74, 6) is -5.37. The van der Waals surface area contributed by atoms with Gasteiger partial charge in [0.25, 0.3) is 0 Å². The number of halogens is 2. The highest BCUT2D eigenvalue weighted by molar-refractivity contribution is 5.69. The van der Waals surface area contributed by atoms with Crippen molar-refractivity contribution in [3.63, 3.8) is 0 Å². The van der Waals surface area contributed by atoms with Crippen LogP contribution < -0.4 is 0 Å². The molecule has 4 N–H and O–H groups in total. The van der Waals surface area contributed by atoms with Gasteiger partial charge in [-0.15, -0.1) is 0 Å². The van der Waals surface area contributed by atoms with Crippen LogP contribution in [0.5, 0.6) is 17.2 Å². The fourth-order valence-corrected chi connectivity index (χ4v) is 1.49. The normalized spacial score (nSPS) is 12.6. The summed E-state index contributed by atoms with van der Waals surface area (Å²) >= 11 is 0. The van der Waals surface area contributed by atoms with Crippen molar-refractivity contribution >= 4 is 5.97 Å². The van der Waals surface area contributed by atoms with Crippen LogP contribution in [0.4, 0.5) is 8.78 Å². The van der Waals surface area contributed by atoms with Crippen LogP contribution in [0, 0.1) is 0 Å². The van der Waals surface area contributed by atoms with Gasteiger partial charge in [0.05, 0.1) is 12.3 Å². The van der Waals surface area contributed by atoms with Crippen molar-refractivity contribution in [1.82, 2.24) is 0 Å². The van der Waals surface area contributed by atoms with E-state index in [1.807, 2.05) is 0 Å². The summed E-state index contributed by atoms with van der Waals surface area (Å²) in [7, 11) is 0. The van der Waals surface area contributed by atoms with E-state index in [9.17, 15) is 23.8 Å². The van der Waals surface area contributed by atoms with E-state index in [1.54, 1.807) is 0 Å². The van der Waals surface area contributed by atoms with E-state index in [0.29, 0.717) is 0 Å². The quantitative estimate of drug-likeness (QED) is 0.649. The molecule has 0 aliphatic rings. The van der Waals surface area contributed by atoms with Gasteiger partial charge in [0.15, 0.2) is 0 Å². The molecule has 0 radical (unpaired) electrons. The van der Waals surface area contributed by atoms with E-state index in [-0.39, 0.29) is 0 Å². The molecule has 0 aliphatic carbocycles. The van der Waals surface area contributed by atoms with Gasteiger partial charge in [0.1, 0.15) is 17.2 Å². The van der Waals surface area contributed by atoms with E-state index in [1.165, 1.54) is 0 Å². The second-order valence-corrected chi connectivity index (χ2v) is 3.44. The van der Waals surface area contributed by atoms with E-state index in [4.69, 9.17) is 10.2 Å². The number of aromatic hydroxyl groups is 3. The lowest BCUT2D eigenvalue weighted by Gasteiger charge is -2.17. The second kappa shape index (κ2) is 4.86. The monoisotopic (exact) mass is 248 g/mol. The average molecular weight is 248 g/mol. The summed E-state index contributed by atoms with van der Waals surface area (Å²) in [5.41, 5.74) is -0.583. The number of hydrogen-bond donors (Lipinski definition) is 4. The number of phenolic OH excluding ortho intramolecular Hbond substituents is 3. The summed E-state index contributed by atoms with van der Waals surface area (Å²) in [6, 6.07) is 1.51. The molecule has 0 heterocycles. The average Bonchev–Trinajstić information content (AvgIpc) is 2.13. The Morgan fingerprint density at radius 3 is 2.00 bits per heavy atom. The Kier molecular flexibility index (Phi) is 3.72. The molecule has 1 rings (SSSR count). The molecule has 0 saturated heterocycles. The maximum Gasteiger partial charge on any atom is 0.304 e. The van der Waals surface area contributed by atoms with Gasteiger partial charge in [-0.25, -0.2) is 8.78 Å². The Bertz CT molecular complexity index is 410. The number of benzene rings is 1. The lowest BCUT2D eigenvalue weighted by atomic mass is 9.94. The second-order valence-electron chi connectivity index (χ2n) is 3.44. The van der Waals surface area contributed by atoms with E-state index < -0.39 is 47.5 Å². The van der Waals surface area contributed by atoms with Crippen LogP contribution in [0.15, 0.2) is 12.1 Å². The van der Waals surface area contributed by atoms with Crippen LogP contribution in [0.1, 0.15) is 17.9 Å². The molecule has 0 aromatic heterocycles. The minimum Gasteiger partial charge on any atom is -0.508 e. The summed E-state index contributed by atoms with van der Waals surface area (Å²) in [6.45, 7) is 0. The SMILES string of the molecule is O=C(O)CC(c1c(O)cc(O)cc1O)C(F)F. The van der Waals surface area contributed by atoms with Crippen molar-refractivity contribution in [3.8, 4) is 17.2 Å². The summed E-state index contributed by atoms with van der Waals surface area (Å²) in [4.78, 5) is 10.4. The van der Waals surface area contributed by atoms with Crippen LogP contribution >= 0.6 is 0 Å². The predicted molar refractivity (Wildman–Crippen MR) is 52.4 cm³/mol. The van der Waals surface area contributed by atoms with Gasteiger partial charge in [-0.2, -0.15) is 0 Å². The molecule has 0 fully saturated rings. The van der Waals surface area contributed by atoms with Crippen LogP contribution in [0.25, 0.3) is 0 Å². The molecule has 0 aliphatic heterocycles. The van der Waals surface area contributed by atoms with Crippen molar-refractivity contribution in [2.45, 2.75) is 18.8 Å². The van der Waals surface area contributed by atoms with Crippen LogP contribution in [-0.4, -0.2) is 32.8 Å². The zero-order valence-corrected chi connectivity index (χ0v) is 8.47. The number of aliphatic carboxylic acids is 1. The minimum absolute atomic E-state index is 0.507. The first-order valence-electron chi connectivity index (χ1n) is 4.57. The number of carbonyl (C=O) groups is 1. The molecule has 7 heteroatoms. The molecule has 0 spiro atoms. The van der Waals surface area contributed by atoms with Crippen molar-refractivity contribution < 1.29 is 34.0 Å². The van der Waals surface area contributed by atoms with Crippen molar-refractivity contribution in [2.24, 2.45) is 0 Å². The summed E-state index contributed by atoms with van der Waals surface area (Å²) < 4.78 is 25.3. The number of alkyl halides is 2. The van der Waals surface area contributed by atoms with Crippen molar-refractivity contribution in [2.75, 3.05) is 0 Å². The van der Waals surface area contributed by atoms with Crippen LogP contribution in [-0.2, 0) is 4.79 Å². The van der Waals surface area contributed by atoms with Crippen LogP contribution in [0.2, 0.25) is 0 Å². The van der Waals surface area contributed by atoms with Gasteiger partial charge in [0.2, 0.25) is 6.43 Å². The largest absolute Gasteiger partial charge is 0.508 e. The number of phenols is 3. The zero-order valence-electron chi connectivity index (χ0n) is 8.47. The first-order chi connectivity index (χ1) is 7.82. The fraction of sp³-hybridized carbons (Fsp3) is 0.300. The molecule has 1 atom stereocenters. The maximum absolute atomic E-state index is 12.7. The Morgan fingerprint density at radius 1 is 1.18 bits per heavy atom. The highest BCUT2D eigenvalue weighted by Gasteiger charge is 2.30. The first-order valence-corrected chi connectivity index (χ1v) is 4.57. The van der Waals surface area contributed by atoms with Crippen LogP contribution in [0.3, 0.4) is 0 Å². The molecule has 0 bridgehead atoms. The fourth-order valence-electron chi connectivity index (χ4n) is 1.49. The molecule has 0 amide bonds. The lowest BCUT2D eigenvalue weighted by molar-refractivity contribution is -0.138. The van der Waals surface area contributed by atoms with E-state index >= 15 is 0 Å². The number of hydrogen-bond acceptors (Lipinski definition) is 4. The zero-order chi connectivity index (χ0) is 13.2. The van der Waals surface area contributed by atoms with Gasteiger partial charge < -0.3 is 20.4 Å². The Hall–Kier alpha value is -2.05. The Labute approximate surface area is 94.6 Å². The minimum atomic E-state index is -3.06. The van der Waals surface area contributed by atoms with Gasteiger partial charge in [0, 0.05) is 17.7 Å². The maximum atomic E-state index is 12.7. The number of rotatable bonds is 4. The molecule has 1 aromatic carbocycles. The number of carboxylic acid groups (broad SMARTS) is 1. The third kappa shape index (κ3) is 2.96. The molecular formula is C10H10F2O5. The Morgan fingerprint density at radius 2 is 1.65 bits per heavy atom. The predicted octanol–water partition coefficient (Wildman–Crippen LogP) is 1.63.